The van der Waals surface area contributed by atoms with Crippen LogP contribution >= 0.6 is 0 Å². The van der Waals surface area contributed by atoms with Crippen molar-refractivity contribution in [2.75, 3.05) is 20.2 Å². The molecule has 0 bridgehead atoms. The lowest BCUT2D eigenvalue weighted by atomic mass is 10.0. The molecule has 0 aromatic carbocycles. The van der Waals surface area contributed by atoms with Crippen molar-refractivity contribution in [3.05, 3.63) is 0 Å². The minimum atomic E-state index is 0.0466. The lowest BCUT2D eigenvalue weighted by Crippen LogP contribution is -2.37. The number of nitrogens with two attached hydrogens (primary N) is 1. The molecule has 0 spiro atoms. The largest absolute Gasteiger partial charge is 0.378 e. The lowest BCUT2D eigenvalue weighted by molar-refractivity contribution is -0.134. The van der Waals surface area contributed by atoms with E-state index in [1.807, 2.05) is 14.0 Å². The Morgan fingerprint density at radius 2 is 2.18 bits per heavy atom. The van der Waals surface area contributed by atoms with E-state index in [1.54, 1.807) is 4.90 Å². The number of carbonyl (C=O) groups is 1. The van der Waals surface area contributed by atoms with Crippen molar-refractivity contribution < 1.29 is 9.53 Å². The molecule has 1 saturated heterocycles. The predicted octanol–water partition coefficient (Wildman–Crippen LogP) is 1.24. The number of carbonyl (C=O) groups excluding carboxylic acids is 1. The first-order chi connectivity index (χ1) is 7.91. The second kappa shape index (κ2) is 6.36. The summed E-state index contributed by atoms with van der Waals surface area (Å²) in [6.45, 7) is 7.55. The average molecular weight is 242 g/mol. The van der Waals surface area contributed by atoms with Crippen molar-refractivity contribution in [3.8, 4) is 0 Å². The molecule has 1 fully saturated rings. The van der Waals surface area contributed by atoms with Crippen LogP contribution in [-0.2, 0) is 9.53 Å². The van der Waals surface area contributed by atoms with E-state index in [4.69, 9.17) is 10.5 Å². The smallest absolute Gasteiger partial charge is 0.227 e. The summed E-state index contributed by atoms with van der Waals surface area (Å²) in [6.07, 6.45) is 1.93. The Morgan fingerprint density at radius 1 is 1.53 bits per heavy atom. The van der Waals surface area contributed by atoms with E-state index in [-0.39, 0.29) is 24.0 Å². The Morgan fingerprint density at radius 3 is 2.65 bits per heavy atom. The van der Waals surface area contributed by atoms with E-state index >= 15 is 0 Å². The average Bonchev–Trinajstić information content (AvgIpc) is 2.70. The van der Waals surface area contributed by atoms with Crippen LogP contribution in [0.15, 0.2) is 0 Å². The lowest BCUT2D eigenvalue weighted by Gasteiger charge is -2.23. The van der Waals surface area contributed by atoms with Gasteiger partial charge in [-0.3, -0.25) is 4.79 Å². The maximum atomic E-state index is 12.1. The third kappa shape index (κ3) is 4.28. The first kappa shape index (κ1) is 14.5. The molecule has 0 aliphatic carbocycles. The third-order valence-corrected chi connectivity index (χ3v) is 3.58. The van der Waals surface area contributed by atoms with Crippen LogP contribution in [0.4, 0.5) is 0 Å². The quantitative estimate of drug-likeness (QED) is 0.789. The van der Waals surface area contributed by atoms with Gasteiger partial charge in [0.25, 0.3) is 0 Å². The summed E-state index contributed by atoms with van der Waals surface area (Å²) in [4.78, 5) is 13.9. The standard InChI is InChI=1S/C13H26N2O2/c1-9(2)12(14)5-6-15(4)13(16)11-7-10(3)17-8-11/h9-12H,5-8,14H2,1-4H3. The van der Waals surface area contributed by atoms with Crippen molar-refractivity contribution in [1.29, 1.82) is 0 Å². The van der Waals surface area contributed by atoms with Crippen LogP contribution in [0.25, 0.3) is 0 Å². The van der Waals surface area contributed by atoms with Gasteiger partial charge in [-0.1, -0.05) is 13.8 Å². The van der Waals surface area contributed by atoms with Gasteiger partial charge in [0.2, 0.25) is 5.91 Å². The van der Waals surface area contributed by atoms with Gasteiger partial charge >= 0.3 is 0 Å². The van der Waals surface area contributed by atoms with Crippen LogP contribution in [0.5, 0.6) is 0 Å². The summed E-state index contributed by atoms with van der Waals surface area (Å²) < 4.78 is 5.43. The van der Waals surface area contributed by atoms with E-state index < -0.39 is 0 Å². The number of hydrogen-bond acceptors (Lipinski definition) is 3. The van der Waals surface area contributed by atoms with Crippen molar-refractivity contribution >= 4 is 5.91 Å². The number of rotatable bonds is 5. The normalized spacial score (nSPS) is 26.2. The molecule has 0 aromatic rings. The van der Waals surface area contributed by atoms with Crippen molar-refractivity contribution in [2.24, 2.45) is 17.6 Å². The zero-order valence-corrected chi connectivity index (χ0v) is 11.5. The summed E-state index contributed by atoms with van der Waals surface area (Å²) in [7, 11) is 1.86. The Kier molecular flexibility index (Phi) is 5.40. The molecule has 0 aromatic heterocycles. The molecular weight excluding hydrogens is 216 g/mol. The summed E-state index contributed by atoms with van der Waals surface area (Å²) in [6, 6.07) is 0.170. The van der Waals surface area contributed by atoms with Crippen molar-refractivity contribution in [3.63, 3.8) is 0 Å². The molecule has 17 heavy (non-hydrogen) atoms. The Bertz CT molecular complexity index is 256. The van der Waals surface area contributed by atoms with Gasteiger partial charge in [-0.05, 0) is 25.7 Å². The van der Waals surface area contributed by atoms with Gasteiger partial charge in [-0.15, -0.1) is 0 Å². The van der Waals surface area contributed by atoms with Crippen LogP contribution in [0, 0.1) is 11.8 Å². The molecule has 2 N–H and O–H groups in total. The Hall–Kier alpha value is -0.610. The first-order valence-corrected chi connectivity index (χ1v) is 6.54. The highest BCUT2D eigenvalue weighted by atomic mass is 16.5. The highest BCUT2D eigenvalue weighted by Crippen LogP contribution is 2.21. The SMILES string of the molecule is CC1CC(C(=O)N(C)CCC(N)C(C)C)CO1. The fourth-order valence-corrected chi connectivity index (χ4v) is 2.09. The molecule has 1 aliphatic rings. The molecule has 0 saturated carbocycles. The van der Waals surface area contributed by atoms with Gasteiger partial charge in [-0.2, -0.15) is 0 Å². The van der Waals surface area contributed by atoms with Crippen LogP contribution in [-0.4, -0.2) is 43.2 Å². The molecule has 4 heteroatoms. The first-order valence-electron chi connectivity index (χ1n) is 6.54. The minimum absolute atomic E-state index is 0.0466. The van der Waals surface area contributed by atoms with Crippen LogP contribution in [0.2, 0.25) is 0 Å². The summed E-state index contributed by atoms with van der Waals surface area (Å²) >= 11 is 0. The molecule has 0 radical (unpaired) electrons. The summed E-state index contributed by atoms with van der Waals surface area (Å²) in [5.74, 6) is 0.712. The van der Waals surface area contributed by atoms with Gasteiger partial charge in [0.15, 0.2) is 0 Å². The zero-order chi connectivity index (χ0) is 13.0. The van der Waals surface area contributed by atoms with Crippen molar-refractivity contribution in [1.82, 2.24) is 4.90 Å². The van der Waals surface area contributed by atoms with Gasteiger partial charge in [0, 0.05) is 19.6 Å². The molecule has 1 heterocycles. The van der Waals surface area contributed by atoms with Crippen LogP contribution in [0.1, 0.15) is 33.6 Å². The highest BCUT2D eigenvalue weighted by molar-refractivity contribution is 5.79. The van der Waals surface area contributed by atoms with Gasteiger partial charge in [0.1, 0.15) is 0 Å². The number of ether oxygens (including phenoxy) is 1. The maximum absolute atomic E-state index is 12.1. The van der Waals surface area contributed by atoms with E-state index in [0.29, 0.717) is 12.5 Å². The van der Waals surface area contributed by atoms with Crippen LogP contribution in [0.3, 0.4) is 0 Å². The second-order valence-electron chi connectivity index (χ2n) is 5.53. The molecule has 3 atom stereocenters. The number of amides is 1. The monoisotopic (exact) mass is 242 g/mol. The van der Waals surface area contributed by atoms with Gasteiger partial charge in [-0.25, -0.2) is 0 Å². The Balaban J connectivity index is 2.32. The second-order valence-corrected chi connectivity index (χ2v) is 5.53. The van der Waals surface area contributed by atoms with Gasteiger partial charge in [0.05, 0.1) is 18.6 Å². The van der Waals surface area contributed by atoms with E-state index in [0.717, 1.165) is 19.4 Å². The fraction of sp³-hybridized carbons (Fsp3) is 0.923. The Labute approximate surface area is 104 Å². The maximum Gasteiger partial charge on any atom is 0.227 e. The molecule has 1 aliphatic heterocycles. The van der Waals surface area contributed by atoms with Gasteiger partial charge < -0.3 is 15.4 Å². The highest BCUT2D eigenvalue weighted by Gasteiger charge is 2.30. The minimum Gasteiger partial charge on any atom is -0.378 e. The van der Waals surface area contributed by atoms with E-state index in [9.17, 15) is 4.79 Å². The molecule has 1 rings (SSSR count). The number of hydrogen-bond donors (Lipinski definition) is 1. The molecular formula is C13H26N2O2. The predicted molar refractivity (Wildman–Crippen MR) is 68.6 cm³/mol. The topological polar surface area (TPSA) is 55.6 Å². The summed E-state index contributed by atoms with van der Waals surface area (Å²) in [5.41, 5.74) is 5.98. The molecule has 100 valence electrons. The zero-order valence-electron chi connectivity index (χ0n) is 11.5. The molecule has 1 amide bonds. The fourth-order valence-electron chi connectivity index (χ4n) is 2.09. The molecule has 4 nitrogen and oxygen atoms in total. The van der Waals surface area contributed by atoms with E-state index in [1.165, 1.54) is 0 Å². The van der Waals surface area contributed by atoms with Crippen LogP contribution < -0.4 is 5.73 Å². The third-order valence-electron chi connectivity index (χ3n) is 3.58. The number of nitrogens with zero attached hydrogens (tertiary/aromatic N) is 1. The van der Waals surface area contributed by atoms with Crippen molar-refractivity contribution in [2.45, 2.75) is 45.8 Å². The summed E-state index contributed by atoms with van der Waals surface area (Å²) in [5, 5.41) is 0. The van der Waals surface area contributed by atoms with E-state index in [2.05, 4.69) is 13.8 Å². The molecule has 3 unspecified atom stereocenters.